The van der Waals surface area contributed by atoms with Crippen LogP contribution in [0, 0.1) is 3.70 Å². The molecular formula is C33H27IN4O8. The highest BCUT2D eigenvalue weighted by molar-refractivity contribution is 14.1. The molecule has 2 aromatic heterocycles. The maximum Gasteiger partial charge on any atom is 0.338 e. The van der Waals surface area contributed by atoms with E-state index in [1.54, 1.807) is 102 Å². The number of ether oxygens (including phenoxy) is 5. The van der Waals surface area contributed by atoms with Gasteiger partial charge in [0.15, 0.2) is 30.2 Å². The van der Waals surface area contributed by atoms with Crippen molar-refractivity contribution in [2.75, 3.05) is 7.11 Å². The Morgan fingerprint density at radius 1 is 0.717 bits per heavy atom. The van der Waals surface area contributed by atoms with Gasteiger partial charge < -0.3 is 28.3 Å². The summed E-state index contributed by atoms with van der Waals surface area (Å²) in [5.41, 5.74) is 1.84. The molecule has 5 atom stereocenters. The van der Waals surface area contributed by atoms with Crippen LogP contribution in [0.2, 0.25) is 0 Å². The molecule has 3 aromatic carbocycles. The van der Waals surface area contributed by atoms with Gasteiger partial charge in [-0.3, -0.25) is 0 Å². The van der Waals surface area contributed by atoms with Crippen LogP contribution in [0.3, 0.4) is 0 Å². The summed E-state index contributed by atoms with van der Waals surface area (Å²) in [4.78, 5) is 53.3. The molecule has 0 saturated carbocycles. The van der Waals surface area contributed by atoms with E-state index in [4.69, 9.17) is 23.7 Å². The Kier molecular flexibility index (Phi) is 9.61. The van der Waals surface area contributed by atoms with Crippen molar-refractivity contribution in [2.45, 2.75) is 37.3 Å². The van der Waals surface area contributed by atoms with Gasteiger partial charge in [0.2, 0.25) is 0 Å². The van der Waals surface area contributed by atoms with E-state index in [1.165, 1.54) is 13.4 Å². The Bertz CT molecular complexity index is 1820. The number of esters is 3. The molecule has 0 aliphatic carbocycles. The number of rotatable bonds is 9. The molecule has 12 nitrogen and oxygen atoms in total. The van der Waals surface area contributed by atoms with Crippen LogP contribution in [-0.2, 0) is 30.2 Å². The molecule has 0 spiro atoms. The fraction of sp³-hybridized carbons (Fsp3) is 0.212. The number of carbonyl (C=O) groups excluding carboxylic acids is 3. The number of hydrogen-bond donors (Lipinski definition) is 0. The third-order valence-corrected chi connectivity index (χ3v) is 8.11. The lowest BCUT2D eigenvalue weighted by atomic mass is 9.97. The van der Waals surface area contributed by atoms with Crippen LogP contribution >= 0.6 is 22.6 Å². The molecule has 1 aliphatic rings. The molecule has 234 valence electrons. The van der Waals surface area contributed by atoms with Crippen LogP contribution in [0.15, 0.2) is 104 Å². The molecule has 46 heavy (non-hydrogen) atoms. The van der Waals surface area contributed by atoms with E-state index in [0.29, 0.717) is 14.9 Å². The van der Waals surface area contributed by atoms with E-state index in [9.17, 15) is 14.4 Å². The van der Waals surface area contributed by atoms with Crippen molar-refractivity contribution in [1.29, 1.82) is 0 Å². The third kappa shape index (κ3) is 6.76. The van der Waals surface area contributed by atoms with Crippen LogP contribution < -0.4 is 0 Å². The van der Waals surface area contributed by atoms with E-state index in [2.05, 4.69) is 37.5 Å². The van der Waals surface area contributed by atoms with Gasteiger partial charge in [0.25, 0.3) is 0 Å². The van der Waals surface area contributed by atoms with Gasteiger partial charge in [0.1, 0.15) is 21.6 Å². The molecule has 1 aliphatic heterocycles. The predicted molar refractivity (Wildman–Crippen MR) is 171 cm³/mol. The average molecular weight is 735 g/mol. The zero-order chi connectivity index (χ0) is 32.0. The largest absolute Gasteiger partial charge is 0.452 e. The zero-order valence-corrected chi connectivity index (χ0v) is 26.5. The lowest BCUT2D eigenvalue weighted by Crippen LogP contribution is -2.62. The first-order valence-electron chi connectivity index (χ1n) is 14.2. The molecule has 3 heterocycles. The van der Waals surface area contributed by atoms with Gasteiger partial charge in [-0.25, -0.2) is 29.3 Å². The van der Waals surface area contributed by atoms with Crippen LogP contribution in [0.1, 0.15) is 31.1 Å². The predicted octanol–water partition coefficient (Wildman–Crippen LogP) is 4.48. The van der Waals surface area contributed by atoms with Gasteiger partial charge in [-0.1, -0.05) is 54.6 Å². The Morgan fingerprint density at radius 3 is 1.74 bits per heavy atom. The number of aromatic nitrogens is 4. The summed E-state index contributed by atoms with van der Waals surface area (Å²) in [6.07, 6.45) is -3.20. The maximum atomic E-state index is 13.5. The van der Waals surface area contributed by atoms with E-state index >= 15 is 0 Å². The van der Waals surface area contributed by atoms with Crippen LogP contribution in [0.25, 0.3) is 11.2 Å². The van der Waals surface area contributed by atoms with E-state index in [-0.39, 0.29) is 23.2 Å². The van der Waals surface area contributed by atoms with Crippen molar-refractivity contribution in [3.05, 3.63) is 124 Å². The summed E-state index contributed by atoms with van der Waals surface area (Å²) in [6, 6.07) is 25.0. The summed E-state index contributed by atoms with van der Waals surface area (Å²) < 4.78 is 32.5. The summed E-state index contributed by atoms with van der Waals surface area (Å²) in [6.45, 7) is 0.0607. The van der Waals surface area contributed by atoms with Gasteiger partial charge in [-0.15, -0.1) is 0 Å². The van der Waals surface area contributed by atoms with Crippen LogP contribution in [-0.4, -0.2) is 75.2 Å². The Hall–Kier alpha value is -4.73. The average Bonchev–Trinajstić information content (AvgIpc) is 3.51. The molecule has 0 amide bonds. The number of carbonyl (C=O) groups is 3. The molecule has 0 bridgehead atoms. The second-order valence-corrected chi connectivity index (χ2v) is 11.2. The van der Waals surface area contributed by atoms with Crippen molar-refractivity contribution in [3.63, 3.8) is 0 Å². The van der Waals surface area contributed by atoms with Crippen molar-refractivity contribution in [3.8, 4) is 0 Å². The van der Waals surface area contributed by atoms with Crippen LogP contribution in [0.5, 0.6) is 0 Å². The number of halogens is 1. The quantitative estimate of drug-likeness (QED) is 0.0917. The van der Waals surface area contributed by atoms with Gasteiger partial charge in [-0.2, -0.15) is 0 Å². The lowest BCUT2D eigenvalue weighted by molar-refractivity contribution is -0.289. The molecule has 5 aromatic rings. The number of hydrogen-bond acceptors (Lipinski definition) is 11. The lowest BCUT2D eigenvalue weighted by Gasteiger charge is -2.44. The molecule has 0 unspecified atom stereocenters. The highest BCUT2D eigenvalue weighted by Gasteiger charge is 2.53. The standard InChI is InChI=1S/C33H27IN4O8/c1-42-33-27(46-32(41)22-15-9-4-10-16-22)26(45-31(40)21-13-7-3-8-14-21)25(44-30(39)20-11-5-2-6-12-20)23(43-33)17-38-19-37-29-24(38)28(34)35-18-36-29/h2-16,18-19,23,25-27,33H,17H2,1H3/t23-,25-,26+,27-,33+/m1/s1. The summed E-state index contributed by atoms with van der Waals surface area (Å²) >= 11 is 2.08. The highest BCUT2D eigenvalue weighted by Crippen LogP contribution is 2.32. The van der Waals surface area contributed by atoms with Gasteiger partial charge in [-0.05, 0) is 59.0 Å². The topological polar surface area (TPSA) is 141 Å². The monoisotopic (exact) mass is 734 g/mol. The van der Waals surface area contributed by atoms with Crippen molar-refractivity contribution in [2.24, 2.45) is 0 Å². The Labute approximate surface area is 276 Å². The first-order valence-corrected chi connectivity index (χ1v) is 15.3. The normalized spacial score (nSPS) is 21.0. The molecule has 1 fully saturated rings. The van der Waals surface area contributed by atoms with Gasteiger partial charge >= 0.3 is 17.9 Å². The smallest absolute Gasteiger partial charge is 0.338 e. The highest BCUT2D eigenvalue weighted by atomic mass is 127. The summed E-state index contributed by atoms with van der Waals surface area (Å²) in [5, 5.41) is 0. The number of imidazole rings is 1. The molecular weight excluding hydrogens is 707 g/mol. The van der Waals surface area contributed by atoms with Gasteiger partial charge in [0.05, 0.1) is 29.6 Å². The second kappa shape index (κ2) is 14.1. The molecule has 13 heteroatoms. The minimum absolute atomic E-state index is 0.0607. The number of benzene rings is 3. The van der Waals surface area contributed by atoms with Crippen molar-refractivity contribution < 1.29 is 38.1 Å². The second-order valence-electron chi connectivity index (χ2n) is 10.2. The minimum Gasteiger partial charge on any atom is -0.452 e. The SMILES string of the molecule is CO[C@H]1O[C@H](Cn2cnc3ncnc(I)c32)[C@@H](OC(=O)c2ccccc2)[C@H](OC(=O)c2ccccc2)[C@H]1OC(=O)c1ccccc1. The third-order valence-electron chi connectivity index (χ3n) is 7.32. The van der Waals surface area contributed by atoms with E-state index < -0.39 is 48.6 Å². The fourth-order valence-electron chi connectivity index (χ4n) is 5.12. The molecule has 6 rings (SSSR count). The molecule has 0 radical (unpaired) electrons. The van der Waals surface area contributed by atoms with Gasteiger partial charge in [0, 0.05) is 7.11 Å². The molecule has 0 N–H and O–H groups in total. The fourth-order valence-corrected chi connectivity index (χ4v) is 5.79. The first-order chi connectivity index (χ1) is 22.4. The Balaban J connectivity index is 1.42. The maximum absolute atomic E-state index is 13.5. The van der Waals surface area contributed by atoms with Crippen molar-refractivity contribution >= 4 is 51.7 Å². The van der Waals surface area contributed by atoms with Crippen molar-refractivity contribution in [1.82, 2.24) is 19.5 Å². The number of fused-ring (bicyclic) bond motifs is 1. The summed E-state index contributed by atoms with van der Waals surface area (Å²) in [7, 11) is 1.38. The summed E-state index contributed by atoms with van der Waals surface area (Å²) in [5.74, 6) is -2.13. The minimum atomic E-state index is -1.36. The Morgan fingerprint density at radius 2 is 1.22 bits per heavy atom. The number of nitrogens with zero attached hydrogens (tertiary/aromatic N) is 4. The zero-order valence-electron chi connectivity index (χ0n) is 24.3. The van der Waals surface area contributed by atoms with E-state index in [0.717, 1.165) is 0 Å². The van der Waals surface area contributed by atoms with E-state index in [1.807, 2.05) is 0 Å². The number of methoxy groups -OCH3 is 1. The van der Waals surface area contributed by atoms with Crippen LogP contribution in [0.4, 0.5) is 0 Å². The first kappa shape index (κ1) is 31.3. The molecule has 1 saturated heterocycles.